The summed E-state index contributed by atoms with van der Waals surface area (Å²) in [6, 6.07) is 6.99. The van der Waals surface area contributed by atoms with E-state index in [2.05, 4.69) is 5.32 Å². The molecular weight excluding hydrogens is 370 g/mol. The van der Waals surface area contributed by atoms with E-state index in [9.17, 15) is 14.4 Å². The lowest BCUT2D eigenvalue weighted by molar-refractivity contribution is -0.143. The fraction of sp³-hybridized carbons (Fsp3) is 0.591. The lowest BCUT2D eigenvalue weighted by Gasteiger charge is -2.44. The van der Waals surface area contributed by atoms with Crippen LogP contribution < -0.4 is 5.32 Å². The molecular formula is C22H31N3O4. The Labute approximate surface area is 172 Å². The van der Waals surface area contributed by atoms with Gasteiger partial charge < -0.3 is 19.9 Å². The molecule has 0 aromatic heterocycles. The molecule has 1 aliphatic heterocycles. The maximum absolute atomic E-state index is 13.1. The number of rotatable bonds is 3. The van der Waals surface area contributed by atoms with Crippen molar-refractivity contribution in [3.63, 3.8) is 0 Å². The van der Waals surface area contributed by atoms with Crippen molar-refractivity contribution in [3.05, 3.63) is 35.4 Å². The molecule has 1 atom stereocenters. The molecule has 2 fully saturated rings. The van der Waals surface area contributed by atoms with Crippen molar-refractivity contribution in [1.29, 1.82) is 0 Å². The first kappa shape index (κ1) is 21.1. The fourth-order valence-corrected chi connectivity index (χ4v) is 3.75. The molecule has 1 aromatic carbocycles. The molecule has 0 radical (unpaired) electrons. The number of nitrogens with zero attached hydrogens (tertiary/aromatic N) is 2. The molecule has 1 aromatic rings. The Morgan fingerprint density at radius 2 is 1.86 bits per heavy atom. The first-order chi connectivity index (χ1) is 13.7. The predicted octanol–water partition coefficient (Wildman–Crippen LogP) is 2.97. The zero-order valence-corrected chi connectivity index (χ0v) is 17.7. The molecule has 1 saturated carbocycles. The van der Waals surface area contributed by atoms with Crippen LogP contribution in [-0.4, -0.2) is 60.0 Å². The zero-order valence-electron chi connectivity index (χ0n) is 17.7. The average molecular weight is 402 g/mol. The van der Waals surface area contributed by atoms with E-state index in [1.165, 1.54) is 0 Å². The van der Waals surface area contributed by atoms with E-state index in [1.54, 1.807) is 18.0 Å². The van der Waals surface area contributed by atoms with Gasteiger partial charge in [0, 0.05) is 38.2 Å². The van der Waals surface area contributed by atoms with Crippen LogP contribution in [0.1, 0.15) is 62.0 Å². The summed E-state index contributed by atoms with van der Waals surface area (Å²) < 4.78 is 5.54. The molecule has 1 heterocycles. The van der Waals surface area contributed by atoms with E-state index in [4.69, 9.17) is 4.74 Å². The van der Waals surface area contributed by atoms with Gasteiger partial charge in [-0.2, -0.15) is 0 Å². The van der Waals surface area contributed by atoms with Crippen molar-refractivity contribution in [3.8, 4) is 0 Å². The van der Waals surface area contributed by atoms with Gasteiger partial charge in [-0.15, -0.1) is 0 Å². The largest absolute Gasteiger partial charge is 0.444 e. The van der Waals surface area contributed by atoms with Gasteiger partial charge in [-0.3, -0.25) is 9.59 Å². The molecule has 3 amide bonds. The number of benzene rings is 1. The molecule has 3 rings (SSSR count). The van der Waals surface area contributed by atoms with Crippen LogP contribution in [0.15, 0.2) is 24.3 Å². The first-order valence-corrected chi connectivity index (χ1v) is 10.3. The van der Waals surface area contributed by atoms with E-state index < -0.39 is 5.60 Å². The SMILES string of the molecule is CNC(=O)c1cccc([C@@H]2CN(C(=O)OC(C)(C)C)CCN2C(=O)C2CCC2)c1. The summed E-state index contributed by atoms with van der Waals surface area (Å²) in [7, 11) is 1.59. The van der Waals surface area contributed by atoms with Gasteiger partial charge in [-0.05, 0) is 51.3 Å². The minimum Gasteiger partial charge on any atom is -0.444 e. The lowest BCUT2D eigenvalue weighted by atomic mass is 9.83. The van der Waals surface area contributed by atoms with Crippen LogP contribution in [0.4, 0.5) is 4.79 Å². The number of carbonyl (C=O) groups is 3. The minimum absolute atomic E-state index is 0.0766. The van der Waals surface area contributed by atoms with Crippen molar-refractivity contribution in [2.75, 3.05) is 26.7 Å². The molecule has 158 valence electrons. The number of hydrogen-bond acceptors (Lipinski definition) is 4. The van der Waals surface area contributed by atoms with E-state index in [0.717, 1.165) is 24.8 Å². The second kappa shape index (κ2) is 8.43. The summed E-state index contributed by atoms with van der Waals surface area (Å²) in [6.45, 7) is 6.77. The maximum atomic E-state index is 13.1. The number of piperazine rings is 1. The molecule has 1 saturated heterocycles. The quantitative estimate of drug-likeness (QED) is 0.845. The second-order valence-corrected chi connectivity index (χ2v) is 8.81. The number of hydrogen-bond donors (Lipinski definition) is 1. The Kier molecular flexibility index (Phi) is 6.15. The second-order valence-electron chi connectivity index (χ2n) is 8.81. The monoisotopic (exact) mass is 401 g/mol. The topological polar surface area (TPSA) is 79.0 Å². The van der Waals surface area contributed by atoms with E-state index in [-0.39, 0.29) is 29.9 Å². The predicted molar refractivity (Wildman–Crippen MR) is 109 cm³/mol. The van der Waals surface area contributed by atoms with Gasteiger partial charge in [-0.1, -0.05) is 18.6 Å². The highest BCUT2D eigenvalue weighted by molar-refractivity contribution is 5.94. The molecule has 1 N–H and O–H groups in total. The number of nitrogens with one attached hydrogen (secondary N) is 1. The van der Waals surface area contributed by atoms with Crippen LogP contribution in [0, 0.1) is 5.92 Å². The van der Waals surface area contributed by atoms with Crippen molar-refractivity contribution in [2.24, 2.45) is 5.92 Å². The Balaban J connectivity index is 1.86. The van der Waals surface area contributed by atoms with Crippen molar-refractivity contribution in [1.82, 2.24) is 15.1 Å². The van der Waals surface area contributed by atoms with E-state index in [0.29, 0.717) is 25.2 Å². The highest BCUT2D eigenvalue weighted by Crippen LogP contribution is 2.34. The summed E-state index contributed by atoms with van der Waals surface area (Å²) in [5, 5.41) is 2.63. The van der Waals surface area contributed by atoms with Crippen LogP contribution in [-0.2, 0) is 9.53 Å². The molecule has 0 unspecified atom stereocenters. The average Bonchev–Trinajstić information content (AvgIpc) is 2.64. The van der Waals surface area contributed by atoms with Crippen LogP contribution in [0.3, 0.4) is 0 Å². The molecule has 0 bridgehead atoms. The lowest BCUT2D eigenvalue weighted by Crippen LogP contribution is -2.54. The highest BCUT2D eigenvalue weighted by Gasteiger charge is 2.39. The first-order valence-electron chi connectivity index (χ1n) is 10.3. The van der Waals surface area contributed by atoms with Gasteiger partial charge in [0.05, 0.1) is 6.04 Å². The van der Waals surface area contributed by atoms with Crippen molar-refractivity contribution < 1.29 is 19.1 Å². The zero-order chi connectivity index (χ0) is 21.2. The molecule has 7 heteroatoms. The summed E-state index contributed by atoms with van der Waals surface area (Å²) in [5.74, 6) is 0.0478. The Bertz CT molecular complexity index is 783. The van der Waals surface area contributed by atoms with E-state index in [1.807, 2.05) is 43.9 Å². The molecule has 0 spiro atoms. The van der Waals surface area contributed by atoms with Gasteiger partial charge in [0.1, 0.15) is 5.60 Å². The molecule has 7 nitrogen and oxygen atoms in total. The molecule has 2 aliphatic rings. The van der Waals surface area contributed by atoms with Crippen molar-refractivity contribution >= 4 is 17.9 Å². The van der Waals surface area contributed by atoms with Gasteiger partial charge in [0.25, 0.3) is 5.91 Å². The number of carbonyl (C=O) groups excluding carboxylic acids is 3. The minimum atomic E-state index is -0.579. The summed E-state index contributed by atoms with van der Waals surface area (Å²) >= 11 is 0. The number of ether oxygens (including phenoxy) is 1. The summed E-state index contributed by atoms with van der Waals surface area (Å²) in [6.07, 6.45) is 2.57. The van der Waals surface area contributed by atoms with Gasteiger partial charge in [0.15, 0.2) is 0 Å². The van der Waals surface area contributed by atoms with E-state index >= 15 is 0 Å². The van der Waals surface area contributed by atoms with Crippen molar-refractivity contribution in [2.45, 2.75) is 51.7 Å². The summed E-state index contributed by atoms with van der Waals surface area (Å²) in [4.78, 5) is 41.3. The smallest absolute Gasteiger partial charge is 0.410 e. The third-order valence-electron chi connectivity index (χ3n) is 5.53. The molecule has 1 aliphatic carbocycles. The standard InChI is InChI=1S/C22H31N3O4/c1-22(2,3)29-21(28)24-11-12-25(20(27)15-7-5-8-15)18(14-24)16-9-6-10-17(13-16)19(26)23-4/h6,9-10,13,15,18H,5,7-8,11-12,14H2,1-4H3,(H,23,26)/t18-/m0/s1. The highest BCUT2D eigenvalue weighted by atomic mass is 16.6. The number of amides is 3. The Hall–Kier alpha value is -2.57. The van der Waals surface area contributed by atoms with Crippen LogP contribution in [0.5, 0.6) is 0 Å². The van der Waals surface area contributed by atoms with Crippen LogP contribution >= 0.6 is 0 Å². The van der Waals surface area contributed by atoms with Crippen LogP contribution in [0.2, 0.25) is 0 Å². The molecule has 29 heavy (non-hydrogen) atoms. The third-order valence-corrected chi connectivity index (χ3v) is 5.53. The summed E-state index contributed by atoms with van der Waals surface area (Å²) in [5.41, 5.74) is 0.812. The Morgan fingerprint density at radius 3 is 2.45 bits per heavy atom. The Morgan fingerprint density at radius 1 is 1.14 bits per heavy atom. The van der Waals surface area contributed by atoms with Gasteiger partial charge in [-0.25, -0.2) is 4.79 Å². The maximum Gasteiger partial charge on any atom is 0.410 e. The third kappa shape index (κ3) is 4.89. The normalized spacial score (nSPS) is 20.1. The van der Waals surface area contributed by atoms with Gasteiger partial charge in [0.2, 0.25) is 5.91 Å². The van der Waals surface area contributed by atoms with Crippen LogP contribution in [0.25, 0.3) is 0 Å². The fourth-order valence-electron chi connectivity index (χ4n) is 3.75. The van der Waals surface area contributed by atoms with Gasteiger partial charge >= 0.3 is 6.09 Å².